The smallest absolute Gasteiger partial charge is 0.279 e. The molecule has 92 valence electrons. The van der Waals surface area contributed by atoms with Gasteiger partial charge in [0.15, 0.2) is 6.54 Å². The highest BCUT2D eigenvalue weighted by Gasteiger charge is 2.09. The first-order valence-corrected chi connectivity index (χ1v) is 6.30. The zero-order chi connectivity index (χ0) is 12.8. The highest BCUT2D eigenvalue weighted by Crippen LogP contribution is 2.19. The number of nitrogens with one attached hydrogen (secondary N) is 2. The molecule has 0 radical (unpaired) electrons. The predicted octanol–water partition coefficient (Wildman–Crippen LogP) is 1.40. The maximum Gasteiger partial charge on any atom is 0.279 e. The van der Waals surface area contributed by atoms with Crippen LogP contribution in [-0.4, -0.2) is 26.0 Å². The largest absolute Gasteiger partial charge is 0.326 e. The minimum atomic E-state index is 0.0229. The van der Waals surface area contributed by atoms with Crippen molar-refractivity contribution < 1.29 is 9.69 Å². The number of carbonyl (C=O) groups excluding carboxylic acids is 1. The summed E-state index contributed by atoms with van der Waals surface area (Å²) in [4.78, 5) is 12.9. The Morgan fingerprint density at radius 2 is 2.29 bits per heavy atom. The van der Waals surface area contributed by atoms with E-state index in [4.69, 9.17) is 0 Å². The van der Waals surface area contributed by atoms with Gasteiger partial charge in [-0.3, -0.25) is 4.79 Å². The van der Waals surface area contributed by atoms with Crippen LogP contribution in [0.4, 0.5) is 5.69 Å². The summed E-state index contributed by atoms with van der Waals surface area (Å²) in [6.45, 7) is 6.86. The number of anilines is 1. The van der Waals surface area contributed by atoms with Crippen LogP contribution in [0.2, 0.25) is 0 Å². The van der Waals surface area contributed by atoms with Crippen LogP contribution in [-0.2, 0) is 4.79 Å². The van der Waals surface area contributed by atoms with E-state index in [-0.39, 0.29) is 5.91 Å². The van der Waals surface area contributed by atoms with Crippen molar-refractivity contribution in [2.24, 2.45) is 0 Å². The molecule has 0 bridgehead atoms. The average Bonchev–Trinajstić information content (AvgIpc) is 2.22. The molecule has 0 aliphatic rings. The Morgan fingerprint density at radius 3 is 2.88 bits per heavy atom. The van der Waals surface area contributed by atoms with E-state index < -0.39 is 0 Å². The molecule has 1 unspecified atom stereocenters. The number of likely N-dealkylation sites (N-methyl/N-ethyl adjacent to an activating group) is 1. The number of aryl methyl sites for hydroxylation is 1. The molecule has 1 aromatic rings. The fourth-order valence-electron chi connectivity index (χ4n) is 1.55. The van der Waals surface area contributed by atoms with E-state index in [0.29, 0.717) is 6.54 Å². The molecule has 1 atom stereocenters. The molecular weight excluding hydrogens is 280 g/mol. The first-order valence-electron chi connectivity index (χ1n) is 5.51. The van der Waals surface area contributed by atoms with Crippen LogP contribution in [0.15, 0.2) is 35.3 Å². The van der Waals surface area contributed by atoms with Gasteiger partial charge in [-0.2, -0.15) is 0 Å². The number of quaternary nitrogens is 1. The number of amides is 1. The lowest BCUT2D eigenvalue weighted by atomic mass is 10.2. The van der Waals surface area contributed by atoms with Gasteiger partial charge < -0.3 is 10.2 Å². The van der Waals surface area contributed by atoms with Crippen LogP contribution >= 0.6 is 15.9 Å². The van der Waals surface area contributed by atoms with Gasteiger partial charge in [0.2, 0.25) is 0 Å². The quantitative estimate of drug-likeness (QED) is 0.792. The number of hydrogen-bond donors (Lipinski definition) is 2. The first kappa shape index (κ1) is 13.9. The van der Waals surface area contributed by atoms with Gasteiger partial charge in [0.05, 0.1) is 13.6 Å². The van der Waals surface area contributed by atoms with Gasteiger partial charge in [0.25, 0.3) is 5.91 Å². The van der Waals surface area contributed by atoms with Crippen molar-refractivity contribution in [1.29, 1.82) is 0 Å². The Kier molecular flexibility index (Phi) is 5.38. The summed E-state index contributed by atoms with van der Waals surface area (Å²) in [5.74, 6) is 0.0229. The van der Waals surface area contributed by atoms with Crippen LogP contribution in [0, 0.1) is 6.92 Å². The standard InChI is InChI=1S/C13H17BrN2O/c1-4-7-16(3)9-13(17)15-12-6-5-11(14)8-10(12)2/h4-6,8H,1,7,9H2,2-3H3,(H,15,17)/p+1. The molecule has 1 amide bonds. The molecule has 0 saturated carbocycles. The number of halogens is 1. The SMILES string of the molecule is C=CC[NH+](C)CC(=O)Nc1ccc(Br)cc1C. The summed E-state index contributed by atoms with van der Waals surface area (Å²) in [7, 11) is 1.97. The number of benzene rings is 1. The minimum Gasteiger partial charge on any atom is -0.326 e. The zero-order valence-corrected chi connectivity index (χ0v) is 11.8. The van der Waals surface area contributed by atoms with E-state index >= 15 is 0 Å². The van der Waals surface area contributed by atoms with E-state index in [1.165, 1.54) is 0 Å². The van der Waals surface area contributed by atoms with Crippen molar-refractivity contribution >= 4 is 27.5 Å². The lowest BCUT2D eigenvalue weighted by molar-refractivity contribution is -0.864. The fourth-order valence-corrected chi connectivity index (χ4v) is 2.03. The lowest BCUT2D eigenvalue weighted by Gasteiger charge is -2.12. The highest BCUT2D eigenvalue weighted by atomic mass is 79.9. The van der Waals surface area contributed by atoms with Crippen molar-refractivity contribution in [1.82, 2.24) is 0 Å². The summed E-state index contributed by atoms with van der Waals surface area (Å²) < 4.78 is 1.02. The van der Waals surface area contributed by atoms with Crippen molar-refractivity contribution in [2.45, 2.75) is 6.92 Å². The van der Waals surface area contributed by atoms with Crippen LogP contribution in [0.5, 0.6) is 0 Å². The van der Waals surface area contributed by atoms with Gasteiger partial charge in [-0.1, -0.05) is 22.5 Å². The Morgan fingerprint density at radius 1 is 1.59 bits per heavy atom. The molecule has 17 heavy (non-hydrogen) atoms. The normalized spacial score (nSPS) is 11.9. The Labute approximate surface area is 111 Å². The third-order valence-corrected chi connectivity index (χ3v) is 2.91. The van der Waals surface area contributed by atoms with E-state index in [1.807, 2.05) is 38.2 Å². The molecule has 1 aromatic carbocycles. The van der Waals surface area contributed by atoms with Gasteiger partial charge in [-0.15, -0.1) is 0 Å². The molecule has 4 heteroatoms. The van der Waals surface area contributed by atoms with Gasteiger partial charge in [0, 0.05) is 10.2 Å². The molecule has 0 spiro atoms. The third kappa shape index (κ3) is 4.71. The van der Waals surface area contributed by atoms with Crippen LogP contribution in [0.3, 0.4) is 0 Å². The first-order chi connectivity index (χ1) is 8.02. The number of carbonyl (C=O) groups is 1. The molecule has 0 heterocycles. The Balaban J connectivity index is 2.59. The van der Waals surface area contributed by atoms with E-state index in [2.05, 4.69) is 27.8 Å². The van der Waals surface area contributed by atoms with Crippen molar-refractivity contribution in [3.8, 4) is 0 Å². The van der Waals surface area contributed by atoms with Gasteiger partial charge in [0.1, 0.15) is 0 Å². The summed E-state index contributed by atoms with van der Waals surface area (Å²) in [5.41, 5.74) is 1.92. The van der Waals surface area contributed by atoms with E-state index in [1.54, 1.807) is 0 Å². The molecule has 0 aliphatic carbocycles. The molecule has 3 nitrogen and oxygen atoms in total. The van der Waals surface area contributed by atoms with Crippen molar-refractivity contribution in [3.63, 3.8) is 0 Å². The topological polar surface area (TPSA) is 33.5 Å². The van der Waals surface area contributed by atoms with Crippen LogP contribution in [0.1, 0.15) is 5.56 Å². The summed E-state index contributed by atoms with van der Waals surface area (Å²) in [5, 5.41) is 2.91. The summed E-state index contributed by atoms with van der Waals surface area (Å²) in [6.07, 6.45) is 1.81. The second-order valence-electron chi connectivity index (χ2n) is 4.13. The lowest BCUT2D eigenvalue weighted by Crippen LogP contribution is -3.09. The number of rotatable bonds is 5. The highest BCUT2D eigenvalue weighted by molar-refractivity contribution is 9.10. The predicted molar refractivity (Wildman–Crippen MR) is 74.3 cm³/mol. The maximum absolute atomic E-state index is 11.8. The van der Waals surface area contributed by atoms with Crippen LogP contribution < -0.4 is 10.2 Å². The Hall–Kier alpha value is -1.13. The van der Waals surface area contributed by atoms with Crippen LogP contribution in [0.25, 0.3) is 0 Å². The second-order valence-corrected chi connectivity index (χ2v) is 5.05. The van der Waals surface area contributed by atoms with Crippen molar-refractivity contribution in [3.05, 3.63) is 40.9 Å². The monoisotopic (exact) mass is 297 g/mol. The molecule has 0 aliphatic heterocycles. The van der Waals surface area contributed by atoms with Gasteiger partial charge in [-0.25, -0.2) is 0 Å². The molecular formula is C13H18BrN2O+. The van der Waals surface area contributed by atoms with E-state index in [9.17, 15) is 4.79 Å². The molecule has 2 N–H and O–H groups in total. The fraction of sp³-hybridized carbons (Fsp3) is 0.308. The zero-order valence-electron chi connectivity index (χ0n) is 10.2. The summed E-state index contributed by atoms with van der Waals surface area (Å²) >= 11 is 3.40. The summed E-state index contributed by atoms with van der Waals surface area (Å²) in [6, 6.07) is 5.80. The third-order valence-electron chi connectivity index (χ3n) is 2.42. The van der Waals surface area contributed by atoms with Gasteiger partial charge >= 0.3 is 0 Å². The van der Waals surface area contributed by atoms with Crippen molar-refractivity contribution in [2.75, 3.05) is 25.5 Å². The number of hydrogen-bond acceptors (Lipinski definition) is 1. The molecule has 1 rings (SSSR count). The maximum atomic E-state index is 11.8. The Bertz CT molecular complexity index is 418. The molecule has 0 aromatic heterocycles. The minimum absolute atomic E-state index is 0.0229. The second kappa shape index (κ2) is 6.57. The molecule has 0 fully saturated rings. The molecule has 0 saturated heterocycles. The van der Waals surface area contributed by atoms with Gasteiger partial charge in [-0.05, 0) is 36.8 Å². The van der Waals surface area contributed by atoms with E-state index in [0.717, 1.165) is 27.2 Å². The average molecular weight is 298 g/mol.